The predicted octanol–water partition coefficient (Wildman–Crippen LogP) is -0.592. The van der Waals surface area contributed by atoms with Crippen LogP contribution in [0.1, 0.15) is 0 Å². The van der Waals surface area contributed by atoms with E-state index in [9.17, 15) is 0 Å². The molecule has 0 amide bonds. The molecule has 0 spiro atoms. The Morgan fingerprint density at radius 3 is 0.500 bits per heavy atom. The van der Waals surface area contributed by atoms with Crippen molar-refractivity contribution in [2.75, 3.05) is 0 Å². The summed E-state index contributed by atoms with van der Waals surface area (Å²) in [5.74, 6) is 0. The van der Waals surface area contributed by atoms with Gasteiger partial charge >= 0.3 is 27.2 Å². The Morgan fingerprint density at radius 2 is 0.500 bits per heavy atom. The monoisotopic (exact) mass is 259 g/mol. The quantitative estimate of drug-likeness (QED) is 0.457. The van der Waals surface area contributed by atoms with Crippen LogP contribution in [0.4, 0.5) is 28.2 Å². The van der Waals surface area contributed by atoms with E-state index >= 15 is 0 Å². The second-order valence-electron chi connectivity index (χ2n) is 0. The van der Waals surface area contributed by atoms with Gasteiger partial charge in [0.2, 0.25) is 0 Å². The van der Waals surface area contributed by atoms with Gasteiger partial charge in [0.05, 0.1) is 0 Å². The Morgan fingerprint density at radius 1 is 0.500 bits per heavy atom. The Hall–Kier alpha value is 0.358. The van der Waals surface area contributed by atoms with Crippen molar-refractivity contribution < 1.29 is 28.2 Å². The summed E-state index contributed by atoms with van der Waals surface area (Å²) in [5.41, 5.74) is 0. The van der Waals surface area contributed by atoms with E-state index in [1.165, 1.54) is 0 Å². The third-order valence-electron chi connectivity index (χ3n) is 0. The van der Waals surface area contributed by atoms with Crippen LogP contribution in [0.2, 0.25) is 0 Å². The summed E-state index contributed by atoms with van der Waals surface area (Å²) in [4.78, 5) is 0. The first-order chi connectivity index (χ1) is 1.00. The fraction of sp³-hybridized carbons (Fsp3) is 0. The van der Waals surface area contributed by atoms with Crippen molar-refractivity contribution in [3.05, 3.63) is 0 Å². The van der Waals surface area contributed by atoms with Crippen LogP contribution >= 0.6 is 0 Å². The summed E-state index contributed by atoms with van der Waals surface area (Å²) in [6.07, 6.45) is 0. The minimum atomic E-state index is 0. The van der Waals surface area contributed by atoms with Gasteiger partial charge in [-0.25, -0.2) is 0 Å². The molecule has 2 N–H and O–H groups in total. The molecule has 0 aromatic carbocycles. The van der Waals surface area contributed by atoms with Crippen LogP contribution in [0.5, 0.6) is 0 Å². The van der Waals surface area contributed by atoms with Gasteiger partial charge in [-0.15, -0.1) is 0 Å². The maximum atomic E-state index is 4.63. The fourth-order valence-corrected chi connectivity index (χ4v) is 0. The number of halogens is 6. The molecule has 62 valence electrons. The van der Waals surface area contributed by atoms with Crippen molar-refractivity contribution in [3.63, 3.8) is 0 Å². The van der Waals surface area contributed by atoms with Gasteiger partial charge in [0.25, 0.3) is 0 Å². The van der Waals surface area contributed by atoms with E-state index in [1.807, 2.05) is 0 Å². The van der Waals surface area contributed by atoms with Crippen molar-refractivity contribution in [2.45, 2.75) is 0 Å². The molecule has 0 bridgehead atoms. The molecule has 1 nitrogen and oxygen atoms in total. The van der Waals surface area contributed by atoms with Gasteiger partial charge in [-0.1, -0.05) is 0 Å². The van der Waals surface area contributed by atoms with Crippen LogP contribution in [0, 0.1) is 0 Å². The molecule has 0 fully saturated rings. The number of rotatable bonds is 0. The second-order valence-corrected chi connectivity index (χ2v) is 0. The molecule has 0 rings (SSSR count). The summed E-state index contributed by atoms with van der Waals surface area (Å²) in [6.45, 7) is 0. The third kappa shape index (κ3) is 1420. The van der Waals surface area contributed by atoms with Gasteiger partial charge < -0.3 is 0 Å². The molecule has 0 aliphatic carbocycles. The molecule has 0 aliphatic heterocycles. The van der Waals surface area contributed by atoms with E-state index < -0.39 is 0 Å². The van der Waals surface area contributed by atoms with Gasteiger partial charge in [0.15, 0.2) is 0 Å². The van der Waals surface area contributed by atoms with Crippen LogP contribution in [-0.4, -0.2) is 23.3 Å². The third-order valence-corrected chi connectivity index (χ3v) is 0. The molecule has 0 saturated heterocycles. The van der Waals surface area contributed by atoms with Gasteiger partial charge in [0, 0.05) is 0 Å². The van der Waals surface area contributed by atoms with Crippen LogP contribution in [0.3, 0.4) is 0 Å². The fourth-order valence-electron chi connectivity index (χ4n) is 0. The molecule has 0 aliphatic rings. The summed E-state index contributed by atoms with van der Waals surface area (Å²) in [5, 5.41) is 0. The zero-order valence-corrected chi connectivity index (χ0v) is 6.90. The summed E-state index contributed by atoms with van der Waals surface area (Å²) in [7, 11) is 0. The first kappa shape index (κ1) is 245. The van der Waals surface area contributed by atoms with Crippen LogP contribution in [0.25, 0.3) is 0 Å². The average Bonchev–Trinajstić information content (AvgIpc) is 1.00. The Bertz CT molecular complexity index is 8.49. The van der Waals surface area contributed by atoms with Crippen LogP contribution in [0.15, 0.2) is 0 Å². The molecule has 0 atom stereocenters. The molecule has 0 saturated carbocycles. The maximum absolute atomic E-state index is 4.63. The first-order valence-electron chi connectivity index (χ1n) is 0.333. The second kappa shape index (κ2) is 2320. The molecular weight excluding hydrogens is 250 g/mol. The van der Waals surface area contributed by atoms with Gasteiger partial charge in [0.1, 0.15) is 0 Å². The van der Waals surface area contributed by atoms with Gasteiger partial charge in [-0.05, 0) is 0 Å². The molecular formula is H10F6NSb. The summed E-state index contributed by atoms with van der Waals surface area (Å²) in [6, 6.07) is 0. The topological polar surface area (TPSA) is 26.0 Å². The van der Waals surface area contributed by atoms with Crippen molar-refractivity contribution in [1.29, 1.82) is 0 Å². The van der Waals surface area contributed by atoms with E-state index in [0.29, 0.717) is 0 Å². The van der Waals surface area contributed by atoms with Crippen molar-refractivity contribution in [1.82, 2.24) is 0 Å². The van der Waals surface area contributed by atoms with E-state index in [1.54, 1.807) is 0 Å². The number of hydrogen-bond acceptors (Lipinski definition) is 1. The molecule has 8 heavy (non-hydrogen) atoms. The Labute approximate surface area is 56.1 Å². The zero-order chi connectivity index (χ0) is 2.00. The predicted molar refractivity (Wildman–Crippen MR) is 27.7 cm³/mol. The normalized spacial score (nSPS) is 0.750. The standard InChI is InChI=1S/6FH.H2N.Sb.2H/h6*1H;1H2;;;/q;;;;;;-1;+1;;. The van der Waals surface area contributed by atoms with Gasteiger partial charge in [-0.2, -0.15) is 0 Å². The summed E-state index contributed by atoms with van der Waals surface area (Å²) >= 11 is 0.850. The molecule has 0 heterocycles. The number of nitrogens with two attached hydrogens (primary N) is 1. The van der Waals surface area contributed by atoms with E-state index in [-0.39, 0.29) is 28.2 Å². The molecule has 8 heteroatoms. The Balaban J connectivity index is -0.000000000333. The van der Waals surface area contributed by atoms with Crippen molar-refractivity contribution >= 4 is 23.3 Å². The first-order valence-corrected chi connectivity index (χ1v) is 2.24. The van der Waals surface area contributed by atoms with Gasteiger partial charge in [-0.3, -0.25) is 28.2 Å². The SMILES string of the molecule is F.F.F.F.F.F.[NH2][SbH2]. The van der Waals surface area contributed by atoms with E-state index in [4.69, 9.17) is 0 Å². The molecule has 0 radical (unpaired) electrons. The molecule has 0 aromatic heterocycles. The Kier molecular flexibility index (Phi) is 71100. The van der Waals surface area contributed by atoms with Crippen molar-refractivity contribution in [3.8, 4) is 0 Å². The number of hydrogen-bond donors (Lipinski definition) is 1. The van der Waals surface area contributed by atoms with Crippen LogP contribution < -0.4 is 3.89 Å². The zero-order valence-electron chi connectivity index (χ0n) is 3.60. The summed E-state index contributed by atoms with van der Waals surface area (Å²) < 4.78 is 4.63. The van der Waals surface area contributed by atoms with Crippen molar-refractivity contribution in [2.24, 2.45) is 3.89 Å². The average molecular weight is 260 g/mol. The molecule has 0 aromatic rings. The van der Waals surface area contributed by atoms with E-state index in [0.717, 1.165) is 23.3 Å². The minimum absolute atomic E-state index is 0. The molecule has 0 unspecified atom stereocenters. The van der Waals surface area contributed by atoms with E-state index in [2.05, 4.69) is 3.89 Å². The van der Waals surface area contributed by atoms with Crippen LogP contribution in [-0.2, 0) is 0 Å².